The van der Waals surface area contributed by atoms with Crippen LogP contribution in [0.5, 0.6) is 0 Å². The molecule has 0 aliphatic rings. The van der Waals surface area contributed by atoms with Crippen molar-refractivity contribution in [1.29, 1.82) is 0 Å². The summed E-state index contributed by atoms with van der Waals surface area (Å²) in [6, 6.07) is 27.8. The maximum absolute atomic E-state index is 11.7. The van der Waals surface area contributed by atoms with E-state index in [1.165, 1.54) is 22.8 Å². The molecule has 4 nitrogen and oxygen atoms in total. The molecular formula is C55H68IrN2O2-2. The van der Waals surface area contributed by atoms with Crippen molar-refractivity contribution < 1.29 is 35.5 Å². The number of aromatic nitrogens is 2. The second-order valence-corrected chi connectivity index (χ2v) is 16.7. The van der Waals surface area contributed by atoms with E-state index < -0.39 is 0 Å². The standard InChI is InChI=1S/C22H24N.C20H20N.C13H24O2.Ir/c1-14(2)17-6-7-21-18(12-17)8-9-23-22(21)20-11-16(5)10-19(13-20)15(3)4;1-13(2)16-5-6-19-17(12-16)7-8-21-20(19)18-10-14(3)9-15(4)11-18;1-5-10(6-2)12(14)9-13(15)11(7-3)8-4;/h6-10,12-15H,1-5H3;5-10,12-13H,1-4H3;9-11,14H,5-8H2,1-4H3;/q2*-1;;/b;;12-9-;/i8D,9D;7D,8D;;. The van der Waals surface area contributed by atoms with Crippen LogP contribution < -0.4 is 0 Å². The van der Waals surface area contributed by atoms with E-state index in [0.717, 1.165) is 86.4 Å². The third-order valence-electron chi connectivity index (χ3n) is 11.1. The molecule has 0 atom stereocenters. The Labute approximate surface area is 381 Å². The van der Waals surface area contributed by atoms with Gasteiger partial charge in [-0.25, -0.2) is 0 Å². The number of nitrogens with zero attached hydrogens (tertiary/aromatic N) is 2. The van der Waals surface area contributed by atoms with Gasteiger partial charge in [0.2, 0.25) is 0 Å². The number of carbonyl (C=O) groups is 1. The number of pyridine rings is 2. The maximum Gasteiger partial charge on any atom is 0.162 e. The van der Waals surface area contributed by atoms with Gasteiger partial charge < -0.3 is 15.1 Å². The Hall–Kier alpha value is -4.44. The van der Waals surface area contributed by atoms with Gasteiger partial charge in [0.05, 0.1) is 11.2 Å². The number of aryl methyl sites for hydroxylation is 3. The van der Waals surface area contributed by atoms with Gasteiger partial charge in [-0.1, -0.05) is 126 Å². The first kappa shape index (κ1) is 43.6. The molecule has 0 fully saturated rings. The molecule has 1 radical (unpaired) electrons. The number of fused-ring (bicyclic) bond motifs is 2. The van der Waals surface area contributed by atoms with E-state index in [-0.39, 0.29) is 67.9 Å². The van der Waals surface area contributed by atoms with Crippen LogP contribution in [-0.4, -0.2) is 20.9 Å². The Morgan fingerprint density at radius 3 is 1.48 bits per heavy atom. The first-order valence-corrected chi connectivity index (χ1v) is 21.6. The summed E-state index contributed by atoms with van der Waals surface area (Å²) < 4.78 is 32.7. The van der Waals surface area contributed by atoms with Crippen LogP contribution in [0.15, 0.2) is 96.9 Å². The summed E-state index contributed by atoms with van der Waals surface area (Å²) in [4.78, 5) is 20.5. The van der Waals surface area contributed by atoms with Gasteiger partial charge >= 0.3 is 0 Å². The molecule has 6 rings (SSSR count). The zero-order chi connectivity index (χ0) is 46.9. The van der Waals surface area contributed by atoms with Gasteiger partial charge in [-0.3, -0.25) is 4.79 Å². The molecule has 6 aromatic rings. The summed E-state index contributed by atoms with van der Waals surface area (Å²) in [6.45, 7) is 27.0. The predicted octanol–water partition coefficient (Wildman–Crippen LogP) is 15.6. The molecule has 0 amide bonds. The fourth-order valence-electron chi connectivity index (χ4n) is 7.29. The van der Waals surface area contributed by atoms with Crippen molar-refractivity contribution in [1.82, 2.24) is 9.97 Å². The van der Waals surface area contributed by atoms with Gasteiger partial charge in [-0.2, -0.15) is 0 Å². The zero-order valence-corrected chi connectivity index (χ0v) is 40.5. The van der Waals surface area contributed by atoms with Crippen LogP contribution in [0.2, 0.25) is 0 Å². The summed E-state index contributed by atoms with van der Waals surface area (Å²) in [5.74, 6) is 1.73. The molecule has 0 aliphatic carbocycles. The molecule has 321 valence electrons. The van der Waals surface area contributed by atoms with Crippen molar-refractivity contribution in [2.24, 2.45) is 11.8 Å². The van der Waals surface area contributed by atoms with Gasteiger partial charge in [0.15, 0.2) is 5.78 Å². The second kappa shape index (κ2) is 23.5. The van der Waals surface area contributed by atoms with Gasteiger partial charge in [0.25, 0.3) is 0 Å². The normalized spacial score (nSPS) is 12.5. The molecule has 2 heterocycles. The average Bonchev–Trinajstić information content (AvgIpc) is 3.23. The Morgan fingerprint density at radius 2 is 1.07 bits per heavy atom. The minimum absolute atomic E-state index is 0. The quantitative estimate of drug-likeness (QED) is 0.0754. The van der Waals surface area contributed by atoms with E-state index in [1.54, 1.807) is 0 Å². The zero-order valence-electron chi connectivity index (χ0n) is 42.1. The number of carbonyl (C=O) groups excluding carboxylic acids is 1. The average molecular weight is 985 g/mol. The number of aliphatic hydroxyl groups excluding tert-OH is 1. The summed E-state index contributed by atoms with van der Waals surface area (Å²) in [6.07, 6.45) is 4.94. The predicted molar refractivity (Wildman–Crippen MR) is 252 cm³/mol. The van der Waals surface area contributed by atoms with E-state index in [2.05, 4.69) is 94.0 Å². The van der Waals surface area contributed by atoms with Crippen molar-refractivity contribution in [3.63, 3.8) is 0 Å². The van der Waals surface area contributed by atoms with Crippen molar-refractivity contribution >= 4 is 27.3 Å². The van der Waals surface area contributed by atoms with Crippen LogP contribution in [0.1, 0.15) is 152 Å². The maximum atomic E-state index is 11.7. The van der Waals surface area contributed by atoms with Crippen LogP contribution >= 0.6 is 0 Å². The number of benzene rings is 4. The molecular weight excluding hydrogens is 913 g/mol. The number of allylic oxidation sites excluding steroid dienone is 2. The Balaban J connectivity index is 0.000000262. The van der Waals surface area contributed by atoms with E-state index in [4.69, 9.17) is 5.48 Å². The number of hydrogen-bond acceptors (Lipinski definition) is 4. The number of hydrogen-bond donors (Lipinski definition) is 1. The molecule has 0 unspecified atom stereocenters. The third kappa shape index (κ3) is 13.3. The molecule has 2 aromatic heterocycles. The first-order chi connectivity index (χ1) is 29.7. The van der Waals surface area contributed by atoms with Crippen LogP contribution in [0.3, 0.4) is 0 Å². The van der Waals surface area contributed by atoms with Gasteiger partial charge in [0.1, 0.15) is 0 Å². The number of rotatable bonds is 12. The third-order valence-corrected chi connectivity index (χ3v) is 11.1. The molecule has 0 spiro atoms. The fraction of sp³-hybridized carbons (Fsp3) is 0.400. The minimum Gasteiger partial charge on any atom is -0.512 e. The smallest absolute Gasteiger partial charge is 0.162 e. The Kier molecular flexibility index (Phi) is 17.1. The van der Waals surface area contributed by atoms with E-state index in [9.17, 15) is 9.90 Å². The molecule has 4 aromatic carbocycles. The van der Waals surface area contributed by atoms with E-state index in [1.807, 2.05) is 78.8 Å². The SMILES string of the molecule is CCC(CC)C(=O)/C=C(\O)C(CC)CC.[2H]c1nc(-c2[c-]c(C)cc(C(C)C)c2)c2ccc(C(C)C)cc2c1[2H].[2H]c1nc(-c2[c-]c(C)cc(C)c2)c2ccc(C(C)C)cc2c1[2H].[Ir]. The van der Waals surface area contributed by atoms with E-state index in [0.29, 0.717) is 17.8 Å². The number of ketones is 1. The molecule has 0 bridgehead atoms. The summed E-state index contributed by atoms with van der Waals surface area (Å²) in [7, 11) is 0. The van der Waals surface area contributed by atoms with Gasteiger partial charge in [0, 0.05) is 50.4 Å². The molecule has 5 heteroatoms. The fourth-order valence-corrected chi connectivity index (χ4v) is 7.29. The van der Waals surface area contributed by atoms with Crippen LogP contribution in [-0.2, 0) is 24.9 Å². The van der Waals surface area contributed by atoms with Gasteiger partial charge in [-0.05, 0) is 99.6 Å². The van der Waals surface area contributed by atoms with Crippen molar-refractivity contribution in [3.8, 4) is 22.5 Å². The topological polar surface area (TPSA) is 63.1 Å². The molecule has 1 N–H and O–H groups in total. The molecule has 0 saturated heterocycles. The second-order valence-electron chi connectivity index (χ2n) is 16.7. The van der Waals surface area contributed by atoms with Crippen molar-refractivity contribution in [2.75, 3.05) is 0 Å². The molecule has 0 aliphatic heterocycles. The van der Waals surface area contributed by atoms with Gasteiger partial charge in [-0.15, -0.1) is 69.8 Å². The summed E-state index contributed by atoms with van der Waals surface area (Å²) in [5, 5.41) is 13.2. The Bertz CT molecular complexity index is 2550. The Morgan fingerprint density at radius 1 is 0.633 bits per heavy atom. The van der Waals surface area contributed by atoms with Crippen LogP contribution in [0.25, 0.3) is 44.1 Å². The summed E-state index contributed by atoms with van der Waals surface area (Å²) >= 11 is 0. The summed E-state index contributed by atoms with van der Waals surface area (Å²) in [5.41, 5.74) is 10.1. The van der Waals surface area contributed by atoms with Crippen LogP contribution in [0, 0.1) is 44.7 Å². The molecule has 60 heavy (non-hydrogen) atoms. The first-order valence-electron chi connectivity index (χ1n) is 23.6. The van der Waals surface area contributed by atoms with Crippen molar-refractivity contribution in [2.45, 2.75) is 133 Å². The van der Waals surface area contributed by atoms with E-state index >= 15 is 0 Å². The monoisotopic (exact) mass is 986 g/mol. The van der Waals surface area contributed by atoms with Crippen molar-refractivity contribution in [3.05, 3.63) is 142 Å². The molecule has 0 saturated carbocycles. The number of aliphatic hydroxyl groups is 1. The largest absolute Gasteiger partial charge is 0.512 e. The van der Waals surface area contributed by atoms with Crippen LogP contribution in [0.4, 0.5) is 0 Å². The minimum atomic E-state index is 0.